The van der Waals surface area contributed by atoms with Gasteiger partial charge in [-0.2, -0.15) is 0 Å². The first-order chi connectivity index (χ1) is 8.20. The molecule has 4 nitrogen and oxygen atoms in total. The average molecular weight is 237 g/mol. The van der Waals surface area contributed by atoms with E-state index in [1.54, 1.807) is 0 Å². The summed E-state index contributed by atoms with van der Waals surface area (Å²) >= 11 is 0. The van der Waals surface area contributed by atoms with Crippen LogP contribution >= 0.6 is 0 Å². The van der Waals surface area contributed by atoms with E-state index in [9.17, 15) is 5.11 Å². The van der Waals surface area contributed by atoms with Gasteiger partial charge >= 0.3 is 0 Å². The molecular formula is C13H19NO3. The molecule has 0 amide bonds. The van der Waals surface area contributed by atoms with Crippen LogP contribution in [0.25, 0.3) is 0 Å². The zero-order valence-electron chi connectivity index (χ0n) is 10.1. The molecule has 1 aromatic rings. The van der Waals surface area contributed by atoms with Crippen molar-refractivity contribution in [3.05, 3.63) is 23.8 Å². The lowest BCUT2D eigenvalue weighted by molar-refractivity contribution is 0.101. The maximum Gasteiger partial charge on any atom is 0.122 e. The molecule has 0 spiro atoms. The van der Waals surface area contributed by atoms with E-state index in [1.807, 2.05) is 24.1 Å². The van der Waals surface area contributed by atoms with Crippen molar-refractivity contribution >= 4 is 5.69 Å². The molecule has 1 aromatic carbocycles. The zero-order valence-corrected chi connectivity index (χ0v) is 10.1. The van der Waals surface area contributed by atoms with Gasteiger partial charge in [-0.1, -0.05) is 0 Å². The monoisotopic (exact) mass is 237 g/mol. The van der Waals surface area contributed by atoms with Crippen molar-refractivity contribution in [1.82, 2.24) is 0 Å². The number of hydrogen-bond acceptors (Lipinski definition) is 4. The summed E-state index contributed by atoms with van der Waals surface area (Å²) in [5.74, 6) is 0.969. The predicted octanol–water partition coefficient (Wildman–Crippen LogP) is 0.801. The van der Waals surface area contributed by atoms with E-state index in [4.69, 9.17) is 9.84 Å². The summed E-state index contributed by atoms with van der Waals surface area (Å²) in [7, 11) is 1.91. The van der Waals surface area contributed by atoms with Gasteiger partial charge in [-0.3, -0.25) is 0 Å². The van der Waals surface area contributed by atoms with Gasteiger partial charge < -0.3 is 19.8 Å². The Balaban J connectivity index is 2.10. The minimum atomic E-state index is -0.702. The lowest BCUT2D eigenvalue weighted by Gasteiger charge is -2.24. The fraction of sp³-hybridized carbons (Fsp3) is 0.538. The number of nitrogens with zero attached hydrogens (tertiary/aromatic N) is 1. The number of anilines is 1. The van der Waals surface area contributed by atoms with Crippen LogP contribution in [0.2, 0.25) is 0 Å². The summed E-state index contributed by atoms with van der Waals surface area (Å²) in [6.07, 6.45) is 1.39. The predicted molar refractivity (Wildman–Crippen MR) is 66.6 cm³/mol. The van der Waals surface area contributed by atoms with E-state index in [0.717, 1.165) is 30.9 Å². The Hall–Kier alpha value is -1.26. The van der Waals surface area contributed by atoms with Crippen molar-refractivity contribution in [1.29, 1.82) is 0 Å². The Morgan fingerprint density at radius 3 is 3.06 bits per heavy atom. The number of likely N-dealkylation sites (N-methyl/N-ethyl adjacent to an activating group) is 1. The van der Waals surface area contributed by atoms with Crippen LogP contribution in [0, 0.1) is 0 Å². The second-order valence-electron chi connectivity index (χ2n) is 4.46. The Kier molecular flexibility index (Phi) is 3.86. The first kappa shape index (κ1) is 12.2. The van der Waals surface area contributed by atoms with Gasteiger partial charge in [-0.15, -0.1) is 0 Å². The first-order valence-corrected chi connectivity index (χ1v) is 5.96. The molecule has 1 aliphatic rings. The van der Waals surface area contributed by atoms with Gasteiger partial charge in [-0.25, -0.2) is 0 Å². The molecule has 0 fully saturated rings. The second-order valence-corrected chi connectivity index (χ2v) is 4.46. The zero-order chi connectivity index (χ0) is 12.3. The molecule has 1 aliphatic heterocycles. The van der Waals surface area contributed by atoms with Gasteiger partial charge in [0.15, 0.2) is 0 Å². The van der Waals surface area contributed by atoms with E-state index in [0.29, 0.717) is 6.54 Å². The summed E-state index contributed by atoms with van der Waals surface area (Å²) in [5.41, 5.74) is 2.26. The highest BCUT2D eigenvalue weighted by Crippen LogP contribution is 2.28. The molecular weight excluding hydrogens is 218 g/mol. The fourth-order valence-corrected chi connectivity index (χ4v) is 2.06. The molecule has 0 aromatic heterocycles. The van der Waals surface area contributed by atoms with E-state index in [1.165, 1.54) is 5.56 Å². The van der Waals surface area contributed by atoms with Crippen molar-refractivity contribution in [3.63, 3.8) is 0 Å². The number of rotatable bonds is 4. The molecule has 2 rings (SSSR count). The molecule has 0 saturated carbocycles. The highest BCUT2D eigenvalue weighted by molar-refractivity contribution is 5.53. The van der Waals surface area contributed by atoms with Gasteiger partial charge in [0.1, 0.15) is 5.75 Å². The van der Waals surface area contributed by atoms with Crippen LogP contribution in [0.15, 0.2) is 18.2 Å². The summed E-state index contributed by atoms with van der Waals surface area (Å²) in [6, 6.07) is 6.05. The minimum absolute atomic E-state index is 0.210. The summed E-state index contributed by atoms with van der Waals surface area (Å²) in [4.78, 5) is 1.94. The number of aryl methyl sites for hydroxylation is 1. The molecule has 0 bridgehead atoms. The van der Waals surface area contributed by atoms with Crippen molar-refractivity contribution in [2.75, 3.05) is 31.7 Å². The Bertz CT molecular complexity index is 381. The molecule has 0 aliphatic carbocycles. The van der Waals surface area contributed by atoms with Crippen LogP contribution in [-0.4, -0.2) is 43.1 Å². The molecule has 0 saturated heterocycles. The van der Waals surface area contributed by atoms with Crippen LogP contribution in [0.5, 0.6) is 5.75 Å². The third kappa shape index (κ3) is 2.90. The van der Waals surface area contributed by atoms with Crippen molar-refractivity contribution in [3.8, 4) is 5.75 Å². The number of aliphatic hydroxyl groups excluding tert-OH is 2. The van der Waals surface area contributed by atoms with Crippen molar-refractivity contribution in [2.45, 2.75) is 18.9 Å². The van der Waals surface area contributed by atoms with E-state index >= 15 is 0 Å². The van der Waals surface area contributed by atoms with Crippen LogP contribution in [-0.2, 0) is 6.42 Å². The topological polar surface area (TPSA) is 52.9 Å². The lowest BCUT2D eigenvalue weighted by atomic mass is 10.1. The number of ether oxygens (including phenoxy) is 1. The lowest BCUT2D eigenvalue weighted by Crippen LogP contribution is -2.31. The van der Waals surface area contributed by atoms with E-state index in [2.05, 4.69) is 6.07 Å². The number of fused-ring (bicyclic) bond motifs is 1. The van der Waals surface area contributed by atoms with E-state index < -0.39 is 6.10 Å². The Morgan fingerprint density at radius 2 is 2.29 bits per heavy atom. The van der Waals surface area contributed by atoms with Crippen LogP contribution in [0.4, 0.5) is 5.69 Å². The standard InChI is InChI=1S/C13H19NO3/c1-14(8-12(16)9-15)11-4-5-13-10(7-11)3-2-6-17-13/h4-5,7,12,15-16H,2-3,6,8-9H2,1H3. The number of benzene rings is 1. The SMILES string of the molecule is CN(CC(O)CO)c1ccc2c(c1)CCCO2. The van der Waals surface area contributed by atoms with Gasteiger partial charge in [0.2, 0.25) is 0 Å². The fourth-order valence-electron chi connectivity index (χ4n) is 2.06. The molecule has 94 valence electrons. The van der Waals surface area contributed by atoms with Crippen LogP contribution in [0.1, 0.15) is 12.0 Å². The van der Waals surface area contributed by atoms with Crippen LogP contribution in [0.3, 0.4) is 0 Å². The molecule has 1 heterocycles. The van der Waals surface area contributed by atoms with Crippen molar-refractivity contribution in [2.24, 2.45) is 0 Å². The molecule has 4 heteroatoms. The third-order valence-corrected chi connectivity index (χ3v) is 3.03. The minimum Gasteiger partial charge on any atom is -0.493 e. The first-order valence-electron chi connectivity index (χ1n) is 5.96. The third-order valence-electron chi connectivity index (χ3n) is 3.03. The smallest absolute Gasteiger partial charge is 0.122 e. The molecule has 1 unspecified atom stereocenters. The second kappa shape index (κ2) is 5.38. The molecule has 17 heavy (non-hydrogen) atoms. The molecule has 0 radical (unpaired) electrons. The van der Waals surface area contributed by atoms with E-state index in [-0.39, 0.29) is 6.61 Å². The number of hydrogen-bond donors (Lipinski definition) is 2. The summed E-state index contributed by atoms with van der Waals surface area (Å²) in [6.45, 7) is 1.01. The summed E-state index contributed by atoms with van der Waals surface area (Å²) < 4.78 is 5.55. The van der Waals surface area contributed by atoms with Gasteiger partial charge in [0.25, 0.3) is 0 Å². The maximum atomic E-state index is 9.41. The quantitative estimate of drug-likeness (QED) is 0.813. The average Bonchev–Trinajstić information content (AvgIpc) is 2.38. The highest BCUT2D eigenvalue weighted by atomic mass is 16.5. The van der Waals surface area contributed by atoms with Gasteiger partial charge in [-0.05, 0) is 36.6 Å². The molecule has 1 atom stereocenters. The largest absolute Gasteiger partial charge is 0.493 e. The summed E-state index contributed by atoms with van der Waals surface area (Å²) in [5, 5.41) is 18.2. The Morgan fingerprint density at radius 1 is 1.47 bits per heavy atom. The molecule has 2 N–H and O–H groups in total. The maximum absolute atomic E-state index is 9.41. The van der Waals surface area contributed by atoms with Gasteiger partial charge in [0, 0.05) is 19.3 Å². The van der Waals surface area contributed by atoms with Gasteiger partial charge in [0.05, 0.1) is 19.3 Å². The normalized spacial score (nSPS) is 15.9. The Labute approximate surface area is 101 Å². The number of aliphatic hydroxyl groups is 2. The van der Waals surface area contributed by atoms with Crippen molar-refractivity contribution < 1.29 is 14.9 Å². The highest BCUT2D eigenvalue weighted by Gasteiger charge is 2.13. The van der Waals surface area contributed by atoms with Crippen LogP contribution < -0.4 is 9.64 Å².